The van der Waals surface area contributed by atoms with Crippen molar-refractivity contribution in [1.29, 1.82) is 0 Å². The van der Waals surface area contributed by atoms with Crippen molar-refractivity contribution >= 4 is 23.2 Å². The number of hydrogen-bond acceptors (Lipinski definition) is 3. The molecule has 0 heterocycles. The van der Waals surface area contributed by atoms with Crippen LogP contribution in [-0.2, 0) is 4.79 Å². The fourth-order valence-corrected chi connectivity index (χ4v) is 2.30. The van der Waals surface area contributed by atoms with E-state index in [1.807, 2.05) is 43.3 Å². The third-order valence-corrected chi connectivity index (χ3v) is 3.99. The van der Waals surface area contributed by atoms with Gasteiger partial charge in [-0.25, -0.2) is 0 Å². The quantitative estimate of drug-likeness (QED) is 0.709. The number of halogens is 1. The Balaban J connectivity index is 1.67. The van der Waals surface area contributed by atoms with Crippen LogP contribution < -0.4 is 15.4 Å². The highest BCUT2D eigenvalue weighted by molar-refractivity contribution is 6.31. The van der Waals surface area contributed by atoms with Gasteiger partial charge in [0.1, 0.15) is 5.75 Å². The van der Waals surface area contributed by atoms with Gasteiger partial charge in [-0.2, -0.15) is 0 Å². The molecule has 0 aromatic heterocycles. The lowest BCUT2D eigenvalue weighted by Gasteiger charge is -2.15. The summed E-state index contributed by atoms with van der Waals surface area (Å²) in [5.74, 6) is 0.521. The lowest BCUT2D eigenvalue weighted by molar-refractivity contribution is -0.127. The Morgan fingerprint density at radius 3 is 2.62 bits per heavy atom. The molecule has 0 aliphatic heterocycles. The van der Waals surface area contributed by atoms with Crippen LogP contribution in [0.3, 0.4) is 0 Å². The summed E-state index contributed by atoms with van der Waals surface area (Å²) in [6, 6.07) is 15.4. The van der Waals surface area contributed by atoms with Crippen molar-refractivity contribution in [3.63, 3.8) is 0 Å². The van der Waals surface area contributed by atoms with Gasteiger partial charge in [0.15, 0.2) is 6.10 Å². The first kappa shape index (κ1) is 18.1. The zero-order valence-electron chi connectivity index (χ0n) is 14.0. The Bertz CT molecular complexity index is 662. The average molecular weight is 347 g/mol. The van der Waals surface area contributed by atoms with Gasteiger partial charge in [0, 0.05) is 23.8 Å². The molecule has 2 aromatic rings. The summed E-state index contributed by atoms with van der Waals surface area (Å²) in [6.45, 7) is 5.04. The molecule has 0 bridgehead atoms. The molecule has 5 heteroatoms. The zero-order valence-corrected chi connectivity index (χ0v) is 14.8. The molecule has 2 aromatic carbocycles. The van der Waals surface area contributed by atoms with E-state index in [1.165, 1.54) is 0 Å². The van der Waals surface area contributed by atoms with E-state index in [1.54, 1.807) is 19.1 Å². The summed E-state index contributed by atoms with van der Waals surface area (Å²) >= 11 is 5.98. The summed E-state index contributed by atoms with van der Waals surface area (Å²) in [6.07, 6.45) is 0.292. The van der Waals surface area contributed by atoms with Crippen molar-refractivity contribution in [3.05, 3.63) is 59.1 Å². The fourth-order valence-electron chi connectivity index (χ4n) is 2.18. The number of carbonyl (C=O) groups is 1. The number of rotatable bonds is 8. The molecule has 0 aliphatic rings. The molecular formula is C19H23ClN2O2. The third kappa shape index (κ3) is 5.78. The van der Waals surface area contributed by atoms with Crippen LogP contribution in [0, 0.1) is 6.92 Å². The highest BCUT2D eigenvalue weighted by atomic mass is 35.5. The van der Waals surface area contributed by atoms with Crippen LogP contribution >= 0.6 is 11.6 Å². The number of amides is 1. The maximum atomic E-state index is 12.0. The molecule has 0 aliphatic carbocycles. The van der Waals surface area contributed by atoms with E-state index < -0.39 is 6.10 Å². The molecule has 0 saturated heterocycles. The van der Waals surface area contributed by atoms with Gasteiger partial charge in [0.2, 0.25) is 0 Å². The van der Waals surface area contributed by atoms with Crippen LogP contribution in [0.2, 0.25) is 5.02 Å². The monoisotopic (exact) mass is 346 g/mol. The summed E-state index contributed by atoms with van der Waals surface area (Å²) < 4.78 is 5.65. The zero-order chi connectivity index (χ0) is 17.4. The van der Waals surface area contributed by atoms with Crippen molar-refractivity contribution < 1.29 is 9.53 Å². The minimum atomic E-state index is -0.548. The van der Waals surface area contributed by atoms with Crippen molar-refractivity contribution in [2.24, 2.45) is 0 Å². The van der Waals surface area contributed by atoms with Crippen molar-refractivity contribution in [2.75, 3.05) is 18.4 Å². The molecule has 0 saturated carbocycles. The Morgan fingerprint density at radius 2 is 1.92 bits per heavy atom. The second-order valence-electron chi connectivity index (χ2n) is 5.61. The fraction of sp³-hybridized carbons (Fsp3) is 0.316. The average Bonchev–Trinajstić information content (AvgIpc) is 2.58. The van der Waals surface area contributed by atoms with Crippen LogP contribution in [0.4, 0.5) is 5.69 Å². The lowest BCUT2D eigenvalue weighted by atomic mass is 10.2. The normalized spacial score (nSPS) is 11.6. The minimum Gasteiger partial charge on any atom is -0.481 e. The largest absolute Gasteiger partial charge is 0.481 e. The number of anilines is 1. The molecule has 24 heavy (non-hydrogen) atoms. The molecule has 2 N–H and O–H groups in total. The van der Waals surface area contributed by atoms with E-state index in [-0.39, 0.29) is 5.91 Å². The van der Waals surface area contributed by atoms with Crippen LogP contribution in [-0.4, -0.2) is 25.1 Å². The van der Waals surface area contributed by atoms with Gasteiger partial charge in [0.05, 0.1) is 0 Å². The molecule has 2 rings (SSSR count). The number of aryl methyl sites for hydroxylation is 1. The molecule has 0 radical (unpaired) electrons. The number of carbonyl (C=O) groups excluding carboxylic acids is 1. The summed E-state index contributed by atoms with van der Waals surface area (Å²) in [5.41, 5.74) is 2.01. The standard InChI is InChI=1S/C19H23ClN2O2/c1-14-13-17(9-10-18(14)20)24-15(2)19(23)22-12-6-11-21-16-7-4-3-5-8-16/h3-5,7-10,13,15,21H,6,11-12H2,1-2H3,(H,22,23). The number of hydrogen-bond donors (Lipinski definition) is 2. The van der Waals surface area contributed by atoms with Crippen LogP contribution in [0.25, 0.3) is 0 Å². The topological polar surface area (TPSA) is 50.4 Å². The predicted octanol–water partition coefficient (Wildman–Crippen LogP) is 4.03. The molecule has 128 valence electrons. The van der Waals surface area contributed by atoms with Crippen molar-refractivity contribution in [2.45, 2.75) is 26.4 Å². The molecule has 1 atom stereocenters. The Kier molecular flexibility index (Phi) is 6.94. The smallest absolute Gasteiger partial charge is 0.260 e. The van der Waals surface area contributed by atoms with E-state index in [2.05, 4.69) is 10.6 Å². The maximum absolute atomic E-state index is 12.0. The van der Waals surface area contributed by atoms with Crippen molar-refractivity contribution in [3.8, 4) is 5.75 Å². The third-order valence-electron chi connectivity index (χ3n) is 3.57. The second-order valence-corrected chi connectivity index (χ2v) is 6.02. The minimum absolute atomic E-state index is 0.123. The van der Waals surface area contributed by atoms with Crippen LogP contribution in [0.1, 0.15) is 18.9 Å². The van der Waals surface area contributed by atoms with Gasteiger partial charge in [-0.05, 0) is 56.2 Å². The lowest BCUT2D eigenvalue weighted by Crippen LogP contribution is -2.37. The molecule has 1 unspecified atom stereocenters. The van der Waals surface area contributed by atoms with Crippen LogP contribution in [0.5, 0.6) is 5.75 Å². The first-order valence-electron chi connectivity index (χ1n) is 8.05. The van der Waals surface area contributed by atoms with Crippen LogP contribution in [0.15, 0.2) is 48.5 Å². The summed E-state index contributed by atoms with van der Waals surface area (Å²) in [4.78, 5) is 12.0. The number of ether oxygens (including phenoxy) is 1. The van der Waals surface area contributed by atoms with Gasteiger partial charge in [-0.15, -0.1) is 0 Å². The second kappa shape index (κ2) is 9.18. The van der Waals surface area contributed by atoms with Gasteiger partial charge < -0.3 is 15.4 Å². The number of para-hydroxylation sites is 1. The molecule has 0 fully saturated rings. The van der Waals surface area contributed by atoms with E-state index in [0.29, 0.717) is 17.3 Å². The predicted molar refractivity (Wildman–Crippen MR) is 98.8 cm³/mol. The van der Waals surface area contributed by atoms with Gasteiger partial charge in [-0.3, -0.25) is 4.79 Å². The Hall–Kier alpha value is -2.20. The Labute approximate surface area is 148 Å². The van der Waals surface area contributed by atoms with E-state index in [9.17, 15) is 4.79 Å². The van der Waals surface area contributed by atoms with Gasteiger partial charge in [-0.1, -0.05) is 29.8 Å². The van der Waals surface area contributed by atoms with E-state index >= 15 is 0 Å². The Morgan fingerprint density at radius 1 is 1.17 bits per heavy atom. The highest BCUT2D eigenvalue weighted by Crippen LogP contribution is 2.21. The maximum Gasteiger partial charge on any atom is 0.260 e. The van der Waals surface area contributed by atoms with Gasteiger partial charge >= 0.3 is 0 Å². The summed E-state index contributed by atoms with van der Waals surface area (Å²) in [5, 5.41) is 6.87. The number of benzene rings is 2. The van der Waals surface area contributed by atoms with Crippen molar-refractivity contribution in [1.82, 2.24) is 5.32 Å². The first-order chi connectivity index (χ1) is 11.6. The van der Waals surface area contributed by atoms with E-state index in [0.717, 1.165) is 24.2 Å². The molecule has 4 nitrogen and oxygen atoms in total. The first-order valence-corrected chi connectivity index (χ1v) is 8.43. The molecular weight excluding hydrogens is 324 g/mol. The van der Waals surface area contributed by atoms with Gasteiger partial charge in [0.25, 0.3) is 5.91 Å². The highest BCUT2D eigenvalue weighted by Gasteiger charge is 2.14. The van der Waals surface area contributed by atoms with E-state index in [4.69, 9.17) is 16.3 Å². The number of nitrogens with one attached hydrogen (secondary N) is 2. The molecule has 0 spiro atoms. The SMILES string of the molecule is Cc1cc(OC(C)C(=O)NCCCNc2ccccc2)ccc1Cl. The molecule has 1 amide bonds. The summed E-state index contributed by atoms with van der Waals surface area (Å²) in [7, 11) is 0.